The number of amides is 2. The number of nitrogens with zero attached hydrogens (tertiary/aromatic N) is 1. The lowest BCUT2D eigenvalue weighted by atomic mass is 9.95. The Morgan fingerprint density at radius 2 is 1.85 bits per heavy atom. The van der Waals surface area contributed by atoms with Gasteiger partial charge in [-0.3, -0.25) is 9.59 Å². The van der Waals surface area contributed by atoms with Crippen molar-refractivity contribution in [1.29, 1.82) is 0 Å². The summed E-state index contributed by atoms with van der Waals surface area (Å²) in [5.74, 6) is 0.0697. The first-order chi connectivity index (χ1) is 12.5. The molecule has 1 aliphatic heterocycles. The molecular formula is C22H26N2O2. The highest BCUT2D eigenvalue weighted by Gasteiger charge is 2.31. The van der Waals surface area contributed by atoms with E-state index in [1.54, 1.807) is 0 Å². The highest BCUT2D eigenvalue weighted by Crippen LogP contribution is 2.21. The highest BCUT2D eigenvalue weighted by atomic mass is 16.2. The Bertz CT molecular complexity index is 771. The molecule has 1 heterocycles. The molecule has 4 nitrogen and oxygen atoms in total. The molecule has 2 aromatic carbocycles. The summed E-state index contributed by atoms with van der Waals surface area (Å²) >= 11 is 0. The number of likely N-dealkylation sites (tertiary alicyclic amines) is 1. The minimum absolute atomic E-state index is 0.0354. The number of hydrogen-bond donors (Lipinski definition) is 1. The third-order valence-corrected chi connectivity index (χ3v) is 4.94. The molecular weight excluding hydrogens is 324 g/mol. The summed E-state index contributed by atoms with van der Waals surface area (Å²) in [6.45, 7) is 5.01. The van der Waals surface area contributed by atoms with Gasteiger partial charge < -0.3 is 10.2 Å². The zero-order valence-corrected chi connectivity index (χ0v) is 15.4. The average Bonchev–Trinajstić information content (AvgIpc) is 2.67. The summed E-state index contributed by atoms with van der Waals surface area (Å²) in [7, 11) is 0. The summed E-state index contributed by atoms with van der Waals surface area (Å²) < 4.78 is 0. The molecule has 3 rings (SSSR count). The van der Waals surface area contributed by atoms with Gasteiger partial charge in [-0.1, -0.05) is 48.5 Å². The molecule has 0 aromatic heterocycles. The van der Waals surface area contributed by atoms with E-state index in [0.717, 1.165) is 11.1 Å². The minimum Gasteiger partial charge on any atom is -0.352 e. The molecule has 0 radical (unpaired) electrons. The first kappa shape index (κ1) is 18.2. The summed E-state index contributed by atoms with van der Waals surface area (Å²) in [6.07, 6.45) is 1.09. The summed E-state index contributed by atoms with van der Waals surface area (Å²) in [4.78, 5) is 26.3. The second kappa shape index (κ2) is 8.17. The lowest BCUT2D eigenvalue weighted by Crippen LogP contribution is -2.48. The van der Waals surface area contributed by atoms with Gasteiger partial charge >= 0.3 is 0 Å². The normalized spacial score (nSPS) is 17.4. The van der Waals surface area contributed by atoms with E-state index in [-0.39, 0.29) is 23.8 Å². The lowest BCUT2D eigenvalue weighted by molar-refractivity contribution is -0.140. The standard InChI is InChI=1S/C22H26N2O2/c1-16(2)24-15-20(11-12-21(24)25)22(26)23-14-17-7-6-10-19(13-17)18-8-4-3-5-9-18/h3-10,13,16,20H,11-12,14-15H2,1-2H3,(H,23,26). The van der Waals surface area contributed by atoms with E-state index in [1.807, 2.05) is 49.1 Å². The smallest absolute Gasteiger partial charge is 0.225 e. The molecule has 2 aromatic rings. The van der Waals surface area contributed by atoms with Gasteiger partial charge in [0.25, 0.3) is 0 Å². The summed E-state index contributed by atoms with van der Waals surface area (Å²) in [6, 6.07) is 18.6. The van der Waals surface area contributed by atoms with Crippen LogP contribution in [0.5, 0.6) is 0 Å². The van der Waals surface area contributed by atoms with Crippen molar-refractivity contribution in [3.63, 3.8) is 0 Å². The first-order valence-electron chi connectivity index (χ1n) is 9.26. The van der Waals surface area contributed by atoms with Crippen LogP contribution in [0, 0.1) is 5.92 Å². The molecule has 2 amide bonds. The van der Waals surface area contributed by atoms with Gasteiger partial charge in [-0.15, -0.1) is 0 Å². The molecule has 1 saturated heterocycles. The second-order valence-corrected chi connectivity index (χ2v) is 7.16. The lowest BCUT2D eigenvalue weighted by Gasteiger charge is -2.34. The number of rotatable bonds is 5. The topological polar surface area (TPSA) is 49.4 Å². The second-order valence-electron chi connectivity index (χ2n) is 7.16. The molecule has 1 N–H and O–H groups in total. The highest BCUT2D eigenvalue weighted by molar-refractivity contribution is 5.84. The van der Waals surface area contributed by atoms with Gasteiger partial charge in [0.2, 0.25) is 11.8 Å². The molecule has 0 aliphatic carbocycles. The molecule has 0 spiro atoms. The van der Waals surface area contributed by atoms with Crippen LogP contribution < -0.4 is 5.32 Å². The Balaban J connectivity index is 1.61. The average molecular weight is 350 g/mol. The number of carbonyl (C=O) groups is 2. The Labute approximate surface area is 155 Å². The molecule has 1 fully saturated rings. The minimum atomic E-state index is -0.118. The van der Waals surface area contributed by atoms with Crippen molar-refractivity contribution < 1.29 is 9.59 Å². The van der Waals surface area contributed by atoms with Crippen molar-refractivity contribution in [3.8, 4) is 11.1 Å². The molecule has 1 atom stereocenters. The Morgan fingerprint density at radius 3 is 2.58 bits per heavy atom. The van der Waals surface area contributed by atoms with Crippen LogP contribution in [-0.4, -0.2) is 29.3 Å². The molecule has 0 saturated carbocycles. The van der Waals surface area contributed by atoms with E-state index in [4.69, 9.17) is 0 Å². The van der Waals surface area contributed by atoms with Crippen LogP contribution in [0.4, 0.5) is 0 Å². The van der Waals surface area contributed by atoms with Crippen LogP contribution in [0.3, 0.4) is 0 Å². The third kappa shape index (κ3) is 4.31. The van der Waals surface area contributed by atoms with Crippen LogP contribution in [0.25, 0.3) is 11.1 Å². The van der Waals surface area contributed by atoms with Crippen molar-refractivity contribution in [1.82, 2.24) is 10.2 Å². The number of hydrogen-bond acceptors (Lipinski definition) is 2. The van der Waals surface area contributed by atoms with Crippen molar-refractivity contribution >= 4 is 11.8 Å². The van der Waals surface area contributed by atoms with E-state index in [0.29, 0.717) is 25.9 Å². The van der Waals surface area contributed by atoms with E-state index in [1.165, 1.54) is 5.56 Å². The summed E-state index contributed by atoms with van der Waals surface area (Å²) in [5, 5.41) is 3.04. The van der Waals surface area contributed by atoms with E-state index in [9.17, 15) is 9.59 Å². The van der Waals surface area contributed by atoms with E-state index in [2.05, 4.69) is 29.6 Å². The fraction of sp³-hybridized carbons (Fsp3) is 0.364. The van der Waals surface area contributed by atoms with Crippen LogP contribution in [0.15, 0.2) is 54.6 Å². The van der Waals surface area contributed by atoms with Crippen LogP contribution in [0.1, 0.15) is 32.3 Å². The van der Waals surface area contributed by atoms with E-state index < -0.39 is 0 Å². The van der Waals surface area contributed by atoms with Crippen LogP contribution in [-0.2, 0) is 16.1 Å². The predicted octanol–water partition coefficient (Wildman–Crippen LogP) is 3.62. The van der Waals surface area contributed by atoms with Crippen LogP contribution in [0.2, 0.25) is 0 Å². The molecule has 1 unspecified atom stereocenters. The van der Waals surface area contributed by atoms with Gasteiger partial charge in [0.15, 0.2) is 0 Å². The number of piperidine rings is 1. The third-order valence-electron chi connectivity index (χ3n) is 4.94. The zero-order valence-electron chi connectivity index (χ0n) is 15.4. The van der Waals surface area contributed by atoms with Gasteiger partial charge in [-0.2, -0.15) is 0 Å². The number of carbonyl (C=O) groups excluding carboxylic acids is 2. The van der Waals surface area contributed by atoms with Gasteiger partial charge in [0.05, 0.1) is 5.92 Å². The van der Waals surface area contributed by atoms with E-state index >= 15 is 0 Å². The largest absolute Gasteiger partial charge is 0.352 e. The Hall–Kier alpha value is -2.62. The van der Waals surface area contributed by atoms with Gasteiger partial charge in [0.1, 0.15) is 0 Å². The zero-order chi connectivity index (χ0) is 18.5. The summed E-state index contributed by atoms with van der Waals surface area (Å²) in [5.41, 5.74) is 3.39. The maximum Gasteiger partial charge on any atom is 0.225 e. The quantitative estimate of drug-likeness (QED) is 0.895. The molecule has 0 bridgehead atoms. The molecule has 4 heteroatoms. The van der Waals surface area contributed by atoms with Gasteiger partial charge in [-0.05, 0) is 43.0 Å². The van der Waals surface area contributed by atoms with Gasteiger partial charge in [-0.25, -0.2) is 0 Å². The monoisotopic (exact) mass is 350 g/mol. The van der Waals surface area contributed by atoms with Gasteiger partial charge in [0, 0.05) is 25.6 Å². The number of nitrogens with one attached hydrogen (secondary N) is 1. The maximum atomic E-state index is 12.6. The number of benzene rings is 2. The Morgan fingerprint density at radius 1 is 1.12 bits per heavy atom. The van der Waals surface area contributed by atoms with Crippen molar-refractivity contribution in [3.05, 3.63) is 60.2 Å². The fourth-order valence-electron chi connectivity index (χ4n) is 3.41. The molecule has 26 heavy (non-hydrogen) atoms. The molecule has 136 valence electrons. The van der Waals surface area contributed by atoms with Crippen LogP contribution >= 0.6 is 0 Å². The predicted molar refractivity (Wildman–Crippen MR) is 103 cm³/mol. The Kier molecular flexibility index (Phi) is 5.71. The maximum absolute atomic E-state index is 12.6. The van der Waals surface area contributed by atoms with Crippen molar-refractivity contribution in [2.24, 2.45) is 5.92 Å². The molecule has 1 aliphatic rings. The van der Waals surface area contributed by atoms with Crippen molar-refractivity contribution in [2.75, 3.05) is 6.54 Å². The SMILES string of the molecule is CC(C)N1CC(C(=O)NCc2cccc(-c3ccccc3)c2)CCC1=O. The first-order valence-corrected chi connectivity index (χ1v) is 9.26. The van der Waals surface area contributed by atoms with Crippen molar-refractivity contribution in [2.45, 2.75) is 39.3 Å². The fourth-order valence-corrected chi connectivity index (χ4v) is 3.41.